The lowest BCUT2D eigenvalue weighted by atomic mass is 10.3. The van der Waals surface area contributed by atoms with Crippen LogP contribution in [0.25, 0.3) is 5.65 Å². The van der Waals surface area contributed by atoms with Gasteiger partial charge in [0.2, 0.25) is 15.9 Å². The molecule has 1 saturated heterocycles. The van der Waals surface area contributed by atoms with Gasteiger partial charge in [-0.2, -0.15) is 0 Å². The second kappa shape index (κ2) is 7.13. The number of fused-ring (bicyclic) bond motifs is 1. The van der Waals surface area contributed by atoms with Gasteiger partial charge in [0.1, 0.15) is 5.65 Å². The molecule has 1 aliphatic heterocycles. The highest BCUT2D eigenvalue weighted by Crippen LogP contribution is 2.22. The van der Waals surface area contributed by atoms with Crippen LogP contribution < -0.4 is 9.62 Å². The Morgan fingerprint density at radius 2 is 1.93 bits per heavy atom. The van der Waals surface area contributed by atoms with Gasteiger partial charge in [-0.15, -0.1) is 0 Å². The number of nitrogens with zero attached hydrogens (tertiary/aromatic N) is 3. The van der Waals surface area contributed by atoms with Crippen LogP contribution in [0.2, 0.25) is 0 Å². The van der Waals surface area contributed by atoms with Gasteiger partial charge in [-0.3, -0.25) is 4.79 Å². The third-order valence-electron chi connectivity index (χ3n) is 4.62. The standard InChI is InChI=1S/C19H20N4O3S/c24-19-5-3-13-23(19)16-6-8-17(9-7-16)27(25,26)20-11-10-15-14-22-12-2-1-4-18(22)21-15/h1-2,4,6-9,12,14,20H,3,5,10-11,13H2. The lowest BCUT2D eigenvalue weighted by Gasteiger charge is -2.16. The largest absolute Gasteiger partial charge is 0.312 e. The normalized spacial score (nSPS) is 15.0. The Hall–Kier alpha value is -2.71. The van der Waals surface area contributed by atoms with Crippen molar-refractivity contribution in [2.45, 2.75) is 24.2 Å². The fourth-order valence-electron chi connectivity index (χ4n) is 3.23. The first-order valence-electron chi connectivity index (χ1n) is 8.86. The molecular weight excluding hydrogens is 364 g/mol. The van der Waals surface area contributed by atoms with E-state index in [2.05, 4.69) is 9.71 Å². The van der Waals surface area contributed by atoms with Gasteiger partial charge in [-0.25, -0.2) is 18.1 Å². The minimum atomic E-state index is -3.60. The van der Waals surface area contributed by atoms with E-state index in [1.165, 1.54) is 12.1 Å². The van der Waals surface area contributed by atoms with E-state index >= 15 is 0 Å². The molecule has 0 atom stereocenters. The van der Waals surface area contributed by atoms with E-state index in [-0.39, 0.29) is 17.3 Å². The number of anilines is 1. The van der Waals surface area contributed by atoms with E-state index in [1.54, 1.807) is 17.0 Å². The number of benzene rings is 1. The molecule has 0 spiro atoms. The highest BCUT2D eigenvalue weighted by Gasteiger charge is 2.22. The van der Waals surface area contributed by atoms with Crippen molar-refractivity contribution < 1.29 is 13.2 Å². The number of hydrogen-bond acceptors (Lipinski definition) is 4. The lowest BCUT2D eigenvalue weighted by molar-refractivity contribution is -0.117. The summed E-state index contributed by atoms with van der Waals surface area (Å²) >= 11 is 0. The average molecular weight is 384 g/mol. The van der Waals surface area contributed by atoms with Crippen molar-refractivity contribution in [2.24, 2.45) is 0 Å². The zero-order valence-corrected chi connectivity index (χ0v) is 15.5. The van der Waals surface area contributed by atoms with E-state index in [4.69, 9.17) is 0 Å². The van der Waals surface area contributed by atoms with Crippen molar-refractivity contribution in [3.05, 3.63) is 60.6 Å². The van der Waals surface area contributed by atoms with Crippen LogP contribution in [0, 0.1) is 0 Å². The number of amides is 1. The Balaban J connectivity index is 1.40. The molecule has 1 fully saturated rings. The van der Waals surface area contributed by atoms with Crippen LogP contribution in [-0.4, -0.2) is 36.8 Å². The third kappa shape index (κ3) is 3.72. The molecule has 1 aromatic carbocycles. The zero-order valence-electron chi connectivity index (χ0n) is 14.7. The summed E-state index contributed by atoms with van der Waals surface area (Å²) in [6.07, 6.45) is 5.68. The van der Waals surface area contributed by atoms with Crippen molar-refractivity contribution in [1.29, 1.82) is 0 Å². The second-order valence-electron chi connectivity index (χ2n) is 6.49. The zero-order chi connectivity index (χ0) is 18.9. The monoisotopic (exact) mass is 384 g/mol. The number of pyridine rings is 1. The number of carbonyl (C=O) groups excluding carboxylic acids is 1. The molecule has 3 heterocycles. The summed E-state index contributed by atoms with van der Waals surface area (Å²) in [4.78, 5) is 18.1. The van der Waals surface area contributed by atoms with Crippen LogP contribution in [0.1, 0.15) is 18.5 Å². The SMILES string of the molecule is O=C1CCCN1c1ccc(S(=O)(=O)NCCc2cn3ccccc3n2)cc1. The lowest BCUT2D eigenvalue weighted by Crippen LogP contribution is -2.26. The van der Waals surface area contributed by atoms with Gasteiger partial charge in [0.15, 0.2) is 0 Å². The first-order valence-corrected chi connectivity index (χ1v) is 10.3. The highest BCUT2D eigenvalue weighted by atomic mass is 32.2. The Labute approximate surface area is 157 Å². The quantitative estimate of drug-likeness (QED) is 0.704. The third-order valence-corrected chi connectivity index (χ3v) is 6.10. The molecule has 0 unspecified atom stereocenters. The molecular formula is C19H20N4O3S. The van der Waals surface area contributed by atoms with Gasteiger partial charge in [-0.1, -0.05) is 6.07 Å². The predicted octanol–water partition coefficient (Wildman–Crippen LogP) is 1.98. The van der Waals surface area contributed by atoms with Crippen LogP contribution in [0.15, 0.2) is 59.8 Å². The van der Waals surface area contributed by atoms with E-state index in [0.29, 0.717) is 19.4 Å². The molecule has 2 aromatic heterocycles. The Morgan fingerprint density at radius 1 is 1.11 bits per heavy atom. The first-order chi connectivity index (χ1) is 13.0. The predicted molar refractivity (Wildman–Crippen MR) is 102 cm³/mol. The summed E-state index contributed by atoms with van der Waals surface area (Å²) < 4.78 is 29.5. The second-order valence-corrected chi connectivity index (χ2v) is 8.26. The molecule has 140 valence electrons. The van der Waals surface area contributed by atoms with Crippen molar-refractivity contribution in [3.63, 3.8) is 0 Å². The van der Waals surface area contributed by atoms with Gasteiger partial charge in [-0.05, 0) is 42.8 Å². The van der Waals surface area contributed by atoms with Crippen molar-refractivity contribution >= 4 is 27.3 Å². The van der Waals surface area contributed by atoms with E-state index in [0.717, 1.165) is 23.4 Å². The molecule has 1 amide bonds. The molecule has 0 saturated carbocycles. The van der Waals surface area contributed by atoms with Crippen LogP contribution >= 0.6 is 0 Å². The Bertz CT molecular complexity index is 1040. The Morgan fingerprint density at radius 3 is 2.63 bits per heavy atom. The molecule has 8 heteroatoms. The van der Waals surface area contributed by atoms with Crippen LogP contribution in [0.3, 0.4) is 0 Å². The number of imidazole rings is 1. The number of rotatable bonds is 6. The highest BCUT2D eigenvalue weighted by molar-refractivity contribution is 7.89. The van der Waals surface area contributed by atoms with Gasteiger partial charge < -0.3 is 9.30 Å². The van der Waals surface area contributed by atoms with Crippen molar-refractivity contribution in [1.82, 2.24) is 14.1 Å². The molecule has 4 rings (SSSR count). The van der Waals surface area contributed by atoms with Gasteiger partial charge in [0.05, 0.1) is 10.6 Å². The van der Waals surface area contributed by atoms with E-state index in [1.807, 2.05) is 35.0 Å². The Kier molecular flexibility index (Phi) is 4.67. The molecule has 0 radical (unpaired) electrons. The summed E-state index contributed by atoms with van der Waals surface area (Å²) in [6, 6.07) is 12.2. The maximum Gasteiger partial charge on any atom is 0.240 e. The van der Waals surface area contributed by atoms with Gasteiger partial charge in [0, 0.05) is 44.0 Å². The maximum absolute atomic E-state index is 12.5. The number of aromatic nitrogens is 2. The number of sulfonamides is 1. The van der Waals surface area contributed by atoms with Crippen molar-refractivity contribution in [2.75, 3.05) is 18.0 Å². The average Bonchev–Trinajstić information content (AvgIpc) is 3.27. The van der Waals surface area contributed by atoms with Crippen LogP contribution in [0.4, 0.5) is 5.69 Å². The van der Waals surface area contributed by atoms with Crippen LogP contribution in [-0.2, 0) is 21.2 Å². The van der Waals surface area contributed by atoms with E-state index < -0.39 is 10.0 Å². The number of hydrogen-bond donors (Lipinski definition) is 1. The molecule has 27 heavy (non-hydrogen) atoms. The molecule has 7 nitrogen and oxygen atoms in total. The van der Waals surface area contributed by atoms with Gasteiger partial charge in [0.25, 0.3) is 0 Å². The van der Waals surface area contributed by atoms with Crippen LogP contribution in [0.5, 0.6) is 0 Å². The van der Waals surface area contributed by atoms with Crippen molar-refractivity contribution in [3.8, 4) is 0 Å². The minimum absolute atomic E-state index is 0.0798. The topological polar surface area (TPSA) is 83.8 Å². The summed E-state index contributed by atoms with van der Waals surface area (Å²) in [7, 11) is -3.60. The van der Waals surface area contributed by atoms with Gasteiger partial charge >= 0.3 is 0 Å². The number of nitrogens with one attached hydrogen (secondary N) is 1. The minimum Gasteiger partial charge on any atom is -0.312 e. The van der Waals surface area contributed by atoms with E-state index in [9.17, 15) is 13.2 Å². The molecule has 0 aliphatic carbocycles. The number of carbonyl (C=O) groups is 1. The summed E-state index contributed by atoms with van der Waals surface area (Å²) in [5.41, 5.74) is 2.40. The fraction of sp³-hybridized carbons (Fsp3) is 0.263. The molecule has 3 aromatic rings. The smallest absolute Gasteiger partial charge is 0.240 e. The summed E-state index contributed by atoms with van der Waals surface area (Å²) in [5, 5.41) is 0. The summed E-state index contributed by atoms with van der Waals surface area (Å²) in [6.45, 7) is 0.945. The maximum atomic E-state index is 12.5. The summed E-state index contributed by atoms with van der Waals surface area (Å²) in [5.74, 6) is 0.0798. The molecule has 1 aliphatic rings. The molecule has 0 bridgehead atoms. The molecule has 1 N–H and O–H groups in total. The fourth-order valence-corrected chi connectivity index (χ4v) is 4.26. The first kappa shape index (κ1) is 17.7.